The molecule has 2 rings (SSSR count). The summed E-state index contributed by atoms with van der Waals surface area (Å²) in [7, 11) is 1.64. The van der Waals surface area contributed by atoms with Gasteiger partial charge in [0.15, 0.2) is 5.76 Å². The standard InChI is InChI=1S/C12H13NO3/c1-8-5-9(3-4-11(8)15-2)12-6-10(7-14)13-16-12/h3-6,14H,7H2,1-2H3. The van der Waals surface area contributed by atoms with E-state index in [1.807, 2.05) is 25.1 Å². The number of hydrogen-bond acceptors (Lipinski definition) is 4. The molecule has 0 saturated heterocycles. The first-order valence-corrected chi connectivity index (χ1v) is 4.96. The van der Waals surface area contributed by atoms with Crippen molar-refractivity contribution in [1.82, 2.24) is 5.16 Å². The zero-order chi connectivity index (χ0) is 11.5. The van der Waals surface area contributed by atoms with Gasteiger partial charge >= 0.3 is 0 Å². The number of aliphatic hydroxyl groups is 1. The number of ether oxygens (including phenoxy) is 1. The lowest BCUT2D eigenvalue weighted by molar-refractivity contribution is 0.267. The predicted octanol–water partition coefficient (Wildman–Crippen LogP) is 2.15. The lowest BCUT2D eigenvalue weighted by Gasteiger charge is -2.04. The van der Waals surface area contributed by atoms with E-state index >= 15 is 0 Å². The van der Waals surface area contributed by atoms with Crippen LogP contribution in [0, 0.1) is 6.92 Å². The summed E-state index contributed by atoms with van der Waals surface area (Å²) in [4.78, 5) is 0. The summed E-state index contributed by atoms with van der Waals surface area (Å²) in [6, 6.07) is 7.46. The maximum absolute atomic E-state index is 8.89. The van der Waals surface area contributed by atoms with Crippen LogP contribution in [0.4, 0.5) is 0 Å². The van der Waals surface area contributed by atoms with E-state index in [2.05, 4.69) is 5.16 Å². The zero-order valence-electron chi connectivity index (χ0n) is 9.23. The number of aryl methyl sites for hydroxylation is 1. The minimum Gasteiger partial charge on any atom is -0.496 e. The van der Waals surface area contributed by atoms with Crippen LogP contribution in [0.25, 0.3) is 11.3 Å². The molecule has 0 unspecified atom stereocenters. The van der Waals surface area contributed by atoms with Crippen LogP contribution in [-0.4, -0.2) is 17.4 Å². The second kappa shape index (κ2) is 4.37. The summed E-state index contributed by atoms with van der Waals surface area (Å²) < 4.78 is 10.3. The lowest BCUT2D eigenvalue weighted by Crippen LogP contribution is -1.87. The van der Waals surface area contributed by atoms with Crippen molar-refractivity contribution < 1.29 is 14.4 Å². The molecule has 1 aromatic heterocycles. The van der Waals surface area contributed by atoms with Gasteiger partial charge in [-0.15, -0.1) is 0 Å². The molecule has 84 valence electrons. The molecule has 2 aromatic rings. The minimum absolute atomic E-state index is 0.112. The van der Waals surface area contributed by atoms with Crippen molar-refractivity contribution >= 4 is 0 Å². The molecule has 0 amide bonds. The summed E-state index contributed by atoms with van der Waals surface area (Å²) >= 11 is 0. The third kappa shape index (κ3) is 1.92. The molecule has 4 heteroatoms. The molecular formula is C12H13NO3. The van der Waals surface area contributed by atoms with E-state index in [9.17, 15) is 0 Å². The Labute approximate surface area is 93.5 Å². The van der Waals surface area contributed by atoms with Crippen molar-refractivity contribution in [3.05, 3.63) is 35.5 Å². The number of rotatable bonds is 3. The molecule has 0 aliphatic carbocycles. The van der Waals surface area contributed by atoms with E-state index in [1.165, 1.54) is 0 Å². The van der Waals surface area contributed by atoms with Gasteiger partial charge in [0.1, 0.15) is 11.4 Å². The van der Waals surface area contributed by atoms with Gasteiger partial charge in [0.2, 0.25) is 0 Å². The van der Waals surface area contributed by atoms with Crippen molar-refractivity contribution in [3.8, 4) is 17.1 Å². The molecule has 0 spiro atoms. The summed E-state index contributed by atoms with van der Waals surface area (Å²) in [5.74, 6) is 1.49. The van der Waals surface area contributed by atoms with Crippen molar-refractivity contribution in [2.75, 3.05) is 7.11 Å². The lowest BCUT2D eigenvalue weighted by atomic mass is 10.1. The Balaban J connectivity index is 2.37. The Morgan fingerprint density at radius 1 is 1.38 bits per heavy atom. The van der Waals surface area contributed by atoms with Crippen LogP contribution < -0.4 is 4.74 Å². The largest absolute Gasteiger partial charge is 0.496 e. The van der Waals surface area contributed by atoms with E-state index < -0.39 is 0 Å². The van der Waals surface area contributed by atoms with Crippen LogP contribution in [0.2, 0.25) is 0 Å². The molecule has 1 N–H and O–H groups in total. The van der Waals surface area contributed by atoms with E-state index in [0.29, 0.717) is 11.5 Å². The number of benzene rings is 1. The van der Waals surface area contributed by atoms with Gasteiger partial charge in [-0.25, -0.2) is 0 Å². The third-order valence-corrected chi connectivity index (χ3v) is 2.40. The fourth-order valence-corrected chi connectivity index (χ4v) is 1.55. The normalized spacial score (nSPS) is 10.4. The smallest absolute Gasteiger partial charge is 0.167 e. The van der Waals surface area contributed by atoms with Crippen molar-refractivity contribution in [1.29, 1.82) is 0 Å². The van der Waals surface area contributed by atoms with Crippen LogP contribution in [0.3, 0.4) is 0 Å². The van der Waals surface area contributed by atoms with Crippen LogP contribution in [0.1, 0.15) is 11.3 Å². The van der Waals surface area contributed by atoms with Crippen LogP contribution in [-0.2, 0) is 6.61 Å². The first-order valence-electron chi connectivity index (χ1n) is 4.96. The molecule has 0 fully saturated rings. The molecular weight excluding hydrogens is 206 g/mol. The van der Waals surface area contributed by atoms with Gasteiger partial charge in [0.25, 0.3) is 0 Å². The van der Waals surface area contributed by atoms with Gasteiger partial charge < -0.3 is 14.4 Å². The Bertz CT molecular complexity index is 491. The van der Waals surface area contributed by atoms with Crippen LogP contribution >= 0.6 is 0 Å². The van der Waals surface area contributed by atoms with E-state index in [1.54, 1.807) is 13.2 Å². The SMILES string of the molecule is COc1ccc(-c2cc(CO)no2)cc1C. The van der Waals surface area contributed by atoms with Gasteiger partial charge in [0, 0.05) is 11.6 Å². The molecule has 0 saturated carbocycles. The molecule has 0 aliphatic heterocycles. The molecule has 1 heterocycles. The average Bonchev–Trinajstić information content (AvgIpc) is 2.77. The second-order valence-electron chi connectivity index (χ2n) is 3.53. The molecule has 0 atom stereocenters. The maximum atomic E-state index is 8.89. The minimum atomic E-state index is -0.112. The van der Waals surface area contributed by atoms with Crippen molar-refractivity contribution in [2.45, 2.75) is 13.5 Å². The van der Waals surface area contributed by atoms with Crippen LogP contribution in [0.5, 0.6) is 5.75 Å². The summed E-state index contributed by atoms with van der Waals surface area (Å²) in [6.45, 7) is 1.85. The zero-order valence-corrected chi connectivity index (χ0v) is 9.23. The molecule has 16 heavy (non-hydrogen) atoms. The predicted molar refractivity (Wildman–Crippen MR) is 59.2 cm³/mol. The monoisotopic (exact) mass is 219 g/mol. The Hall–Kier alpha value is -1.81. The highest BCUT2D eigenvalue weighted by atomic mass is 16.5. The molecule has 4 nitrogen and oxygen atoms in total. The van der Waals surface area contributed by atoms with Gasteiger partial charge in [-0.2, -0.15) is 0 Å². The fourth-order valence-electron chi connectivity index (χ4n) is 1.55. The summed E-state index contributed by atoms with van der Waals surface area (Å²) in [5, 5.41) is 12.6. The van der Waals surface area contributed by atoms with Crippen molar-refractivity contribution in [3.63, 3.8) is 0 Å². The number of aliphatic hydroxyl groups excluding tert-OH is 1. The Morgan fingerprint density at radius 2 is 2.19 bits per heavy atom. The second-order valence-corrected chi connectivity index (χ2v) is 3.53. The molecule has 0 radical (unpaired) electrons. The van der Waals surface area contributed by atoms with E-state index in [0.717, 1.165) is 16.9 Å². The van der Waals surface area contributed by atoms with Gasteiger partial charge in [0.05, 0.1) is 13.7 Å². The number of aromatic nitrogens is 1. The van der Waals surface area contributed by atoms with Gasteiger partial charge in [-0.3, -0.25) is 0 Å². The first-order chi connectivity index (χ1) is 7.74. The summed E-state index contributed by atoms with van der Waals surface area (Å²) in [6.07, 6.45) is 0. The molecule has 0 aliphatic rings. The Morgan fingerprint density at radius 3 is 2.75 bits per heavy atom. The molecule has 1 aromatic carbocycles. The van der Waals surface area contributed by atoms with Crippen LogP contribution in [0.15, 0.2) is 28.8 Å². The number of nitrogens with zero attached hydrogens (tertiary/aromatic N) is 1. The van der Waals surface area contributed by atoms with E-state index in [-0.39, 0.29) is 6.61 Å². The maximum Gasteiger partial charge on any atom is 0.167 e. The van der Waals surface area contributed by atoms with E-state index in [4.69, 9.17) is 14.4 Å². The molecule has 0 bridgehead atoms. The number of hydrogen-bond donors (Lipinski definition) is 1. The quantitative estimate of drug-likeness (QED) is 0.859. The highest BCUT2D eigenvalue weighted by Crippen LogP contribution is 2.26. The van der Waals surface area contributed by atoms with Crippen molar-refractivity contribution in [2.24, 2.45) is 0 Å². The van der Waals surface area contributed by atoms with Gasteiger partial charge in [-0.1, -0.05) is 5.16 Å². The third-order valence-electron chi connectivity index (χ3n) is 2.40. The topological polar surface area (TPSA) is 55.5 Å². The van der Waals surface area contributed by atoms with Gasteiger partial charge in [-0.05, 0) is 30.7 Å². The first kappa shape index (κ1) is 10.7. The highest BCUT2D eigenvalue weighted by molar-refractivity contribution is 5.60. The fraction of sp³-hybridized carbons (Fsp3) is 0.250. The number of methoxy groups -OCH3 is 1. The highest BCUT2D eigenvalue weighted by Gasteiger charge is 2.07. The summed E-state index contributed by atoms with van der Waals surface area (Å²) in [5.41, 5.74) is 2.48. The Kier molecular flexibility index (Phi) is 2.92. The average molecular weight is 219 g/mol.